The molecule has 1 saturated carbocycles. The minimum atomic E-state index is -3.08. The molecule has 1 N–H and O–H groups in total. The fourth-order valence-electron chi connectivity index (χ4n) is 3.85. The molecule has 0 aromatic heterocycles. The van der Waals surface area contributed by atoms with Gasteiger partial charge < -0.3 is 10.1 Å². The predicted molar refractivity (Wildman–Crippen MR) is 87.2 cm³/mol. The van der Waals surface area contributed by atoms with Crippen LogP contribution in [0.4, 0.5) is 0 Å². The molecule has 2 atom stereocenters. The zero-order chi connectivity index (χ0) is 15.7. The van der Waals surface area contributed by atoms with Crippen molar-refractivity contribution < 1.29 is 13.2 Å². The first-order valence-electron chi connectivity index (χ1n) is 8.79. The summed E-state index contributed by atoms with van der Waals surface area (Å²) in [6, 6.07) is 0. The Labute approximate surface area is 134 Å². The summed E-state index contributed by atoms with van der Waals surface area (Å²) < 4.78 is 31.3. The number of hydrogen-bond donors (Lipinski definition) is 1. The van der Waals surface area contributed by atoms with Gasteiger partial charge in [-0.15, -0.1) is 0 Å². The summed E-state index contributed by atoms with van der Waals surface area (Å²) in [5.74, 6) is 2.73. The molecular weight excluding hydrogens is 300 g/mol. The number of hydrogen-bond acceptors (Lipinski definition) is 4. The van der Waals surface area contributed by atoms with E-state index in [1.165, 1.54) is 32.4 Å². The smallest absolute Gasteiger partial charge is 0.216 e. The quantitative estimate of drug-likeness (QED) is 0.768. The molecule has 22 heavy (non-hydrogen) atoms. The average Bonchev–Trinajstić information content (AvgIpc) is 3.21. The first-order chi connectivity index (χ1) is 10.5. The van der Waals surface area contributed by atoms with Crippen LogP contribution in [-0.2, 0) is 14.8 Å². The maximum absolute atomic E-state index is 11.9. The molecule has 2 aliphatic heterocycles. The third kappa shape index (κ3) is 3.66. The largest absolute Gasteiger partial charge is 0.375 e. The molecule has 0 amide bonds. The van der Waals surface area contributed by atoms with E-state index >= 15 is 0 Å². The summed E-state index contributed by atoms with van der Waals surface area (Å²) in [5.41, 5.74) is 0. The van der Waals surface area contributed by atoms with E-state index in [0.29, 0.717) is 13.1 Å². The third-order valence-corrected chi connectivity index (χ3v) is 7.79. The van der Waals surface area contributed by atoms with Gasteiger partial charge in [0.05, 0.1) is 11.4 Å². The van der Waals surface area contributed by atoms with Gasteiger partial charge in [-0.25, -0.2) is 8.42 Å². The van der Waals surface area contributed by atoms with Crippen LogP contribution in [0.3, 0.4) is 0 Å². The Morgan fingerprint density at radius 3 is 2.55 bits per heavy atom. The van der Waals surface area contributed by atoms with Crippen LogP contribution in [0.1, 0.15) is 39.5 Å². The van der Waals surface area contributed by atoms with Crippen LogP contribution in [0.25, 0.3) is 0 Å². The van der Waals surface area contributed by atoms with Crippen molar-refractivity contribution in [3.05, 3.63) is 0 Å². The van der Waals surface area contributed by atoms with Crippen molar-refractivity contribution in [3.63, 3.8) is 0 Å². The fraction of sp³-hybridized carbons (Fsp3) is 1.00. The van der Waals surface area contributed by atoms with Crippen molar-refractivity contribution in [1.82, 2.24) is 9.62 Å². The van der Waals surface area contributed by atoms with E-state index in [0.717, 1.165) is 30.8 Å². The molecule has 3 aliphatic rings. The van der Waals surface area contributed by atoms with Gasteiger partial charge >= 0.3 is 0 Å². The maximum atomic E-state index is 11.9. The Bertz CT molecular complexity index is 468. The number of piperidine rings is 1. The van der Waals surface area contributed by atoms with Crippen LogP contribution in [0.5, 0.6) is 0 Å². The van der Waals surface area contributed by atoms with E-state index in [1.54, 1.807) is 18.2 Å². The number of ether oxygens (including phenoxy) is 1. The molecule has 1 aliphatic carbocycles. The standard InChI is InChI=1S/C16H30N2O3S/c1-12(2)22(19,20)18-10-15(11-18)21-8-5-14-9-16(14)13-3-6-17-7-4-13/h12-17H,3-11H2,1-2H3/t14-,16-/m1/s1. The number of sulfonamides is 1. The van der Waals surface area contributed by atoms with Crippen LogP contribution in [0.2, 0.25) is 0 Å². The summed E-state index contributed by atoms with van der Waals surface area (Å²) in [5, 5.41) is 3.10. The maximum Gasteiger partial charge on any atom is 0.216 e. The van der Waals surface area contributed by atoms with E-state index in [9.17, 15) is 8.42 Å². The Morgan fingerprint density at radius 1 is 1.23 bits per heavy atom. The van der Waals surface area contributed by atoms with Crippen molar-refractivity contribution >= 4 is 10.0 Å². The molecule has 6 heteroatoms. The lowest BCUT2D eigenvalue weighted by Crippen LogP contribution is -2.56. The van der Waals surface area contributed by atoms with Gasteiger partial charge in [0.2, 0.25) is 10.0 Å². The van der Waals surface area contributed by atoms with Crippen LogP contribution < -0.4 is 5.32 Å². The zero-order valence-electron chi connectivity index (χ0n) is 13.8. The van der Waals surface area contributed by atoms with E-state index in [-0.39, 0.29) is 11.4 Å². The van der Waals surface area contributed by atoms with Gasteiger partial charge in [0.15, 0.2) is 0 Å². The second-order valence-corrected chi connectivity index (χ2v) is 9.93. The Balaban J connectivity index is 1.28. The third-order valence-electron chi connectivity index (χ3n) is 5.58. The molecule has 2 heterocycles. The number of rotatable bonds is 7. The molecule has 2 saturated heterocycles. The van der Waals surface area contributed by atoms with E-state index in [2.05, 4.69) is 5.32 Å². The predicted octanol–water partition coefficient (Wildman–Crippen LogP) is 1.45. The van der Waals surface area contributed by atoms with Crippen LogP contribution in [0, 0.1) is 17.8 Å². The van der Waals surface area contributed by atoms with Crippen molar-refractivity contribution in [2.75, 3.05) is 32.8 Å². The van der Waals surface area contributed by atoms with E-state index < -0.39 is 10.0 Å². The molecule has 3 rings (SSSR count). The SMILES string of the molecule is CC(C)S(=O)(=O)N1CC(OCC[C@@H]2C[C@@H]2C2CCNCC2)C1. The lowest BCUT2D eigenvalue weighted by molar-refractivity contribution is -0.0228. The second-order valence-electron chi connectivity index (χ2n) is 7.44. The molecule has 0 bridgehead atoms. The molecule has 5 nitrogen and oxygen atoms in total. The van der Waals surface area contributed by atoms with Crippen molar-refractivity contribution in [2.24, 2.45) is 17.8 Å². The highest BCUT2D eigenvalue weighted by Gasteiger charge is 2.43. The van der Waals surface area contributed by atoms with Gasteiger partial charge in [0, 0.05) is 19.7 Å². The summed E-state index contributed by atoms with van der Waals surface area (Å²) in [6.45, 7) is 7.73. The fourth-order valence-corrected chi connectivity index (χ4v) is 5.20. The second kappa shape index (κ2) is 6.75. The van der Waals surface area contributed by atoms with Gasteiger partial charge in [-0.1, -0.05) is 0 Å². The molecule has 0 unspecified atom stereocenters. The van der Waals surface area contributed by atoms with Crippen LogP contribution in [-0.4, -0.2) is 56.9 Å². The molecule has 128 valence electrons. The Kier molecular flexibility index (Phi) is 5.12. The molecule has 0 aromatic carbocycles. The Hall–Kier alpha value is -0.170. The summed E-state index contributed by atoms with van der Waals surface area (Å²) in [7, 11) is -3.08. The first kappa shape index (κ1) is 16.7. The lowest BCUT2D eigenvalue weighted by Gasteiger charge is -2.38. The monoisotopic (exact) mass is 330 g/mol. The van der Waals surface area contributed by atoms with Crippen LogP contribution >= 0.6 is 0 Å². The minimum absolute atomic E-state index is 0.115. The highest BCUT2D eigenvalue weighted by Crippen LogP contribution is 2.49. The summed E-state index contributed by atoms with van der Waals surface area (Å²) in [4.78, 5) is 0. The molecular formula is C16H30N2O3S. The van der Waals surface area contributed by atoms with E-state index in [1.807, 2.05) is 0 Å². The molecule has 0 aromatic rings. The van der Waals surface area contributed by atoms with Gasteiger partial charge in [-0.2, -0.15) is 4.31 Å². The van der Waals surface area contributed by atoms with Gasteiger partial charge in [-0.05, 0) is 70.4 Å². The normalized spacial score (nSPS) is 31.4. The van der Waals surface area contributed by atoms with Crippen LogP contribution in [0.15, 0.2) is 0 Å². The van der Waals surface area contributed by atoms with Gasteiger partial charge in [0.1, 0.15) is 0 Å². The van der Waals surface area contributed by atoms with Crippen molar-refractivity contribution in [3.8, 4) is 0 Å². The summed E-state index contributed by atoms with van der Waals surface area (Å²) in [6.07, 6.45) is 5.33. The van der Waals surface area contributed by atoms with Gasteiger partial charge in [-0.3, -0.25) is 0 Å². The van der Waals surface area contributed by atoms with E-state index in [4.69, 9.17) is 4.74 Å². The summed E-state index contributed by atoms with van der Waals surface area (Å²) >= 11 is 0. The number of nitrogens with one attached hydrogen (secondary N) is 1. The molecule has 0 spiro atoms. The van der Waals surface area contributed by atoms with Crippen molar-refractivity contribution in [1.29, 1.82) is 0 Å². The average molecular weight is 330 g/mol. The van der Waals surface area contributed by atoms with Gasteiger partial charge in [0.25, 0.3) is 0 Å². The Morgan fingerprint density at radius 2 is 1.91 bits per heavy atom. The first-order valence-corrected chi connectivity index (χ1v) is 10.3. The zero-order valence-corrected chi connectivity index (χ0v) is 14.6. The number of nitrogens with zero attached hydrogens (tertiary/aromatic N) is 1. The highest BCUT2D eigenvalue weighted by molar-refractivity contribution is 7.89. The minimum Gasteiger partial charge on any atom is -0.375 e. The molecule has 0 radical (unpaired) electrons. The topological polar surface area (TPSA) is 58.6 Å². The lowest BCUT2D eigenvalue weighted by atomic mass is 9.91. The molecule has 3 fully saturated rings. The van der Waals surface area contributed by atoms with Crippen molar-refractivity contribution in [2.45, 2.75) is 50.9 Å². The highest BCUT2D eigenvalue weighted by atomic mass is 32.2.